The smallest absolute Gasteiger partial charge is 0.185 e. The summed E-state index contributed by atoms with van der Waals surface area (Å²) in [6.07, 6.45) is 0. The predicted octanol–water partition coefficient (Wildman–Crippen LogP) is 5.01. The van der Waals surface area contributed by atoms with Crippen molar-refractivity contribution in [1.29, 1.82) is 0 Å². The summed E-state index contributed by atoms with van der Waals surface area (Å²) < 4.78 is 53.3. The summed E-state index contributed by atoms with van der Waals surface area (Å²) in [4.78, 5) is 0. The van der Waals surface area contributed by atoms with Crippen LogP contribution in [0.4, 0.5) is 28.9 Å². The van der Waals surface area contributed by atoms with E-state index in [2.05, 4.69) is 10.6 Å². The molecule has 116 valence electrons. The third kappa shape index (κ3) is 3.31. The molecule has 2 aromatic carbocycles. The van der Waals surface area contributed by atoms with Gasteiger partial charge in [-0.2, -0.15) is 0 Å². The second-order valence-corrected chi connectivity index (χ2v) is 5.15. The van der Waals surface area contributed by atoms with Gasteiger partial charge in [0.15, 0.2) is 28.4 Å². The molecule has 2 aromatic rings. The Balaban J connectivity index is 2.25. The van der Waals surface area contributed by atoms with Crippen molar-refractivity contribution in [1.82, 2.24) is 0 Å². The first-order valence-electron chi connectivity index (χ1n) is 5.97. The average Bonchev–Trinajstić information content (AvgIpc) is 2.46. The van der Waals surface area contributed by atoms with E-state index in [1.54, 1.807) is 25.1 Å². The van der Waals surface area contributed by atoms with Crippen LogP contribution in [0, 0.1) is 30.2 Å². The number of benzene rings is 2. The number of halogens is 5. The molecule has 0 bridgehead atoms. The molecule has 0 atom stereocenters. The lowest BCUT2D eigenvalue weighted by Gasteiger charge is -2.14. The summed E-state index contributed by atoms with van der Waals surface area (Å²) >= 11 is 10.8. The van der Waals surface area contributed by atoms with Crippen LogP contribution in [0.5, 0.6) is 0 Å². The Labute approximate surface area is 134 Å². The zero-order valence-corrected chi connectivity index (χ0v) is 12.7. The van der Waals surface area contributed by atoms with Crippen LogP contribution in [0.2, 0.25) is 5.02 Å². The molecular weight excluding hydrogens is 340 g/mol. The Bertz CT molecular complexity index is 726. The maximum atomic E-state index is 13.5. The van der Waals surface area contributed by atoms with E-state index in [9.17, 15) is 17.6 Å². The zero-order valence-electron chi connectivity index (χ0n) is 11.1. The average molecular weight is 349 g/mol. The van der Waals surface area contributed by atoms with Gasteiger partial charge in [0, 0.05) is 16.8 Å². The third-order valence-electron chi connectivity index (χ3n) is 2.87. The Kier molecular flexibility index (Phi) is 4.87. The molecule has 2 N–H and O–H groups in total. The van der Waals surface area contributed by atoms with Gasteiger partial charge in [-0.05, 0) is 36.8 Å². The van der Waals surface area contributed by atoms with Crippen LogP contribution in [-0.4, -0.2) is 5.11 Å². The van der Waals surface area contributed by atoms with E-state index in [-0.39, 0.29) is 11.2 Å². The fourth-order valence-corrected chi connectivity index (χ4v) is 2.08. The molecule has 0 radical (unpaired) electrons. The molecule has 2 nitrogen and oxygen atoms in total. The molecule has 2 rings (SSSR count). The molecular formula is C14H9ClF4N2S. The van der Waals surface area contributed by atoms with Crippen molar-refractivity contribution < 1.29 is 17.6 Å². The van der Waals surface area contributed by atoms with Gasteiger partial charge < -0.3 is 10.6 Å². The molecule has 8 heteroatoms. The summed E-state index contributed by atoms with van der Waals surface area (Å²) in [6, 6.07) is 5.05. The highest BCUT2D eigenvalue weighted by Crippen LogP contribution is 2.26. The van der Waals surface area contributed by atoms with Gasteiger partial charge in [0.1, 0.15) is 5.69 Å². The Morgan fingerprint density at radius 1 is 1.05 bits per heavy atom. The van der Waals surface area contributed by atoms with Gasteiger partial charge in [-0.3, -0.25) is 0 Å². The summed E-state index contributed by atoms with van der Waals surface area (Å²) in [6.45, 7) is 1.70. The van der Waals surface area contributed by atoms with E-state index >= 15 is 0 Å². The lowest BCUT2D eigenvalue weighted by atomic mass is 10.2. The number of hydrogen-bond donors (Lipinski definition) is 2. The van der Waals surface area contributed by atoms with Crippen molar-refractivity contribution in [3.63, 3.8) is 0 Å². The number of anilines is 2. The fraction of sp³-hybridized carbons (Fsp3) is 0.0714. The molecule has 0 amide bonds. The zero-order chi connectivity index (χ0) is 16.4. The SMILES string of the molecule is Cc1c(Cl)cccc1NC(=S)Nc1c(F)c(F)cc(F)c1F. The number of thiocarbonyl (C=S) groups is 1. The van der Waals surface area contributed by atoms with Crippen LogP contribution in [0.15, 0.2) is 24.3 Å². The minimum Gasteiger partial charge on any atom is -0.332 e. The maximum Gasteiger partial charge on any atom is 0.185 e. The topological polar surface area (TPSA) is 24.1 Å². The summed E-state index contributed by atoms with van der Waals surface area (Å²) in [5.41, 5.74) is 0.136. The van der Waals surface area contributed by atoms with Gasteiger partial charge in [-0.15, -0.1) is 0 Å². The van der Waals surface area contributed by atoms with Crippen molar-refractivity contribution >= 4 is 40.3 Å². The first-order chi connectivity index (χ1) is 10.3. The Morgan fingerprint density at radius 3 is 2.23 bits per heavy atom. The molecule has 0 saturated carbocycles. The number of hydrogen-bond acceptors (Lipinski definition) is 1. The van der Waals surface area contributed by atoms with Gasteiger partial charge in [0.05, 0.1) is 0 Å². The second kappa shape index (κ2) is 6.50. The molecule has 22 heavy (non-hydrogen) atoms. The highest BCUT2D eigenvalue weighted by molar-refractivity contribution is 7.80. The van der Waals surface area contributed by atoms with Crippen LogP contribution in [0.1, 0.15) is 5.56 Å². The summed E-state index contributed by atoms with van der Waals surface area (Å²) in [5.74, 6) is -6.18. The summed E-state index contributed by atoms with van der Waals surface area (Å²) in [5, 5.41) is 4.97. The van der Waals surface area contributed by atoms with E-state index in [4.69, 9.17) is 23.8 Å². The predicted molar refractivity (Wildman–Crippen MR) is 82.3 cm³/mol. The maximum absolute atomic E-state index is 13.5. The largest absolute Gasteiger partial charge is 0.332 e. The molecule has 0 aliphatic carbocycles. The standard InChI is InChI=1S/C14H9ClF4N2S/c1-6-7(15)3-2-4-10(6)20-14(22)21-13-11(18)8(16)5-9(17)12(13)19/h2-5H,1H3,(H2,20,21,22). The quantitative estimate of drug-likeness (QED) is 0.453. The molecule has 0 unspecified atom stereocenters. The first kappa shape index (κ1) is 16.5. The molecule has 0 spiro atoms. The molecule has 0 saturated heterocycles. The second-order valence-electron chi connectivity index (χ2n) is 4.33. The van der Waals surface area contributed by atoms with Crippen molar-refractivity contribution in [3.8, 4) is 0 Å². The lowest BCUT2D eigenvalue weighted by molar-refractivity contribution is 0.459. The molecule has 0 aromatic heterocycles. The highest BCUT2D eigenvalue weighted by atomic mass is 35.5. The number of nitrogens with one attached hydrogen (secondary N) is 2. The molecule has 0 aliphatic rings. The Hall–Kier alpha value is -1.86. The van der Waals surface area contributed by atoms with E-state index in [1.165, 1.54) is 0 Å². The van der Waals surface area contributed by atoms with Crippen molar-refractivity contribution in [2.24, 2.45) is 0 Å². The monoisotopic (exact) mass is 348 g/mol. The van der Waals surface area contributed by atoms with Crippen molar-refractivity contribution in [3.05, 3.63) is 58.1 Å². The van der Waals surface area contributed by atoms with Crippen LogP contribution in [0.25, 0.3) is 0 Å². The minimum atomic E-state index is -1.56. The molecule has 0 fully saturated rings. The first-order valence-corrected chi connectivity index (χ1v) is 6.76. The van der Waals surface area contributed by atoms with Crippen LogP contribution < -0.4 is 10.6 Å². The van der Waals surface area contributed by atoms with E-state index in [1.807, 2.05) is 0 Å². The highest BCUT2D eigenvalue weighted by Gasteiger charge is 2.20. The van der Waals surface area contributed by atoms with Gasteiger partial charge in [0.2, 0.25) is 0 Å². The van der Waals surface area contributed by atoms with Crippen LogP contribution in [-0.2, 0) is 0 Å². The number of rotatable bonds is 2. The van der Waals surface area contributed by atoms with E-state index < -0.39 is 29.0 Å². The fourth-order valence-electron chi connectivity index (χ4n) is 1.69. The van der Waals surface area contributed by atoms with Crippen molar-refractivity contribution in [2.75, 3.05) is 10.6 Å². The minimum absolute atomic E-state index is 0.118. The summed E-state index contributed by atoms with van der Waals surface area (Å²) in [7, 11) is 0. The van der Waals surface area contributed by atoms with Gasteiger partial charge in [-0.25, -0.2) is 17.6 Å². The third-order valence-corrected chi connectivity index (χ3v) is 3.48. The van der Waals surface area contributed by atoms with E-state index in [0.717, 1.165) is 0 Å². The molecule has 0 aliphatic heterocycles. The molecule has 0 heterocycles. The normalized spacial score (nSPS) is 10.5. The van der Waals surface area contributed by atoms with Crippen LogP contribution in [0.3, 0.4) is 0 Å². The van der Waals surface area contributed by atoms with Gasteiger partial charge in [0.25, 0.3) is 0 Å². The van der Waals surface area contributed by atoms with E-state index in [0.29, 0.717) is 16.3 Å². The van der Waals surface area contributed by atoms with Crippen LogP contribution >= 0.6 is 23.8 Å². The van der Waals surface area contributed by atoms with Crippen molar-refractivity contribution in [2.45, 2.75) is 6.92 Å². The Morgan fingerprint density at radius 2 is 1.64 bits per heavy atom. The van der Waals surface area contributed by atoms with Gasteiger partial charge in [-0.1, -0.05) is 17.7 Å². The lowest BCUT2D eigenvalue weighted by Crippen LogP contribution is -2.22. The van der Waals surface area contributed by atoms with Gasteiger partial charge >= 0.3 is 0 Å².